The van der Waals surface area contributed by atoms with Crippen molar-refractivity contribution in [3.05, 3.63) is 60.2 Å². The number of nitrogens with one attached hydrogen (secondary N) is 1. The molecule has 0 aromatic heterocycles. The van der Waals surface area contributed by atoms with Crippen molar-refractivity contribution in [2.75, 3.05) is 12.8 Å². The minimum Gasteiger partial charge on any atom is -0.446 e. The summed E-state index contributed by atoms with van der Waals surface area (Å²) in [6, 6.07) is 17.6. The molecule has 0 aliphatic carbocycles. The Balaban J connectivity index is 1.85. The van der Waals surface area contributed by atoms with Crippen LogP contribution in [-0.4, -0.2) is 50.4 Å². The van der Waals surface area contributed by atoms with E-state index in [0.29, 0.717) is 19.4 Å². The van der Waals surface area contributed by atoms with Crippen LogP contribution in [-0.2, 0) is 21.2 Å². The zero-order valence-electron chi connectivity index (χ0n) is 17.7. The third-order valence-corrected chi connectivity index (χ3v) is 6.23. The molecule has 7 heteroatoms. The molecule has 1 saturated heterocycles. The lowest BCUT2D eigenvalue weighted by atomic mass is 9.97. The highest BCUT2D eigenvalue weighted by Gasteiger charge is 2.39. The SMILES string of the molecule is CCC(C)OC(=O)N1CCC(NS(C)(=O)=O)C1Cc1cccc(-c2ccccc2)c1. The molecule has 0 spiro atoms. The summed E-state index contributed by atoms with van der Waals surface area (Å²) in [7, 11) is -3.39. The summed E-state index contributed by atoms with van der Waals surface area (Å²) in [6.45, 7) is 4.28. The number of benzene rings is 2. The highest BCUT2D eigenvalue weighted by Crippen LogP contribution is 2.26. The molecule has 3 atom stereocenters. The lowest BCUT2D eigenvalue weighted by molar-refractivity contribution is 0.0638. The van der Waals surface area contributed by atoms with Crippen molar-refractivity contribution < 1.29 is 17.9 Å². The Labute approximate surface area is 179 Å². The first-order chi connectivity index (χ1) is 14.3. The minimum absolute atomic E-state index is 0.179. The van der Waals surface area contributed by atoms with Crippen molar-refractivity contribution >= 4 is 16.1 Å². The molecule has 30 heavy (non-hydrogen) atoms. The lowest BCUT2D eigenvalue weighted by Crippen LogP contribution is -2.48. The van der Waals surface area contributed by atoms with Crippen molar-refractivity contribution in [2.24, 2.45) is 0 Å². The second-order valence-corrected chi connectivity index (χ2v) is 9.70. The van der Waals surface area contributed by atoms with Gasteiger partial charge in [-0.05, 0) is 42.9 Å². The van der Waals surface area contributed by atoms with Gasteiger partial charge in [-0.1, -0.05) is 61.5 Å². The van der Waals surface area contributed by atoms with E-state index in [4.69, 9.17) is 4.74 Å². The number of carbonyl (C=O) groups excluding carboxylic acids is 1. The first-order valence-corrected chi connectivity index (χ1v) is 12.2. The van der Waals surface area contributed by atoms with E-state index < -0.39 is 10.0 Å². The van der Waals surface area contributed by atoms with E-state index in [-0.39, 0.29) is 24.3 Å². The van der Waals surface area contributed by atoms with Gasteiger partial charge in [0.15, 0.2) is 0 Å². The van der Waals surface area contributed by atoms with Crippen LogP contribution in [0.5, 0.6) is 0 Å². The quantitative estimate of drug-likeness (QED) is 0.724. The van der Waals surface area contributed by atoms with Gasteiger partial charge in [0.2, 0.25) is 10.0 Å². The summed E-state index contributed by atoms with van der Waals surface area (Å²) >= 11 is 0. The summed E-state index contributed by atoms with van der Waals surface area (Å²) < 4.78 is 32.0. The van der Waals surface area contributed by atoms with E-state index in [9.17, 15) is 13.2 Å². The first kappa shape index (κ1) is 22.3. The van der Waals surface area contributed by atoms with Gasteiger partial charge in [-0.2, -0.15) is 0 Å². The molecular formula is C23H30N2O4S. The van der Waals surface area contributed by atoms with Crippen molar-refractivity contribution in [1.29, 1.82) is 0 Å². The molecule has 1 aliphatic rings. The highest BCUT2D eigenvalue weighted by molar-refractivity contribution is 7.88. The zero-order chi connectivity index (χ0) is 21.7. The molecule has 1 heterocycles. The molecule has 1 fully saturated rings. The topological polar surface area (TPSA) is 75.7 Å². The summed E-state index contributed by atoms with van der Waals surface area (Å²) in [5.74, 6) is 0. The van der Waals surface area contributed by atoms with Gasteiger partial charge in [0.25, 0.3) is 0 Å². The van der Waals surface area contributed by atoms with Gasteiger partial charge >= 0.3 is 6.09 Å². The maximum atomic E-state index is 12.7. The number of ether oxygens (including phenoxy) is 1. The standard InChI is InChI=1S/C23H30N2O4S/c1-4-17(2)29-23(26)25-14-13-21(24-30(3,27)28)22(25)16-18-9-8-12-20(15-18)19-10-6-5-7-11-19/h5-12,15,17,21-22,24H,4,13-14,16H2,1-3H3. The van der Waals surface area contributed by atoms with Crippen LogP contribution in [0.2, 0.25) is 0 Å². The van der Waals surface area contributed by atoms with Crippen LogP contribution in [0.4, 0.5) is 4.79 Å². The molecule has 162 valence electrons. The largest absolute Gasteiger partial charge is 0.446 e. The van der Waals surface area contributed by atoms with E-state index in [0.717, 1.165) is 29.4 Å². The van der Waals surface area contributed by atoms with E-state index >= 15 is 0 Å². The number of likely N-dealkylation sites (tertiary alicyclic amines) is 1. The summed E-state index contributed by atoms with van der Waals surface area (Å²) in [5.41, 5.74) is 3.25. The number of hydrogen-bond acceptors (Lipinski definition) is 4. The maximum Gasteiger partial charge on any atom is 0.410 e. The summed E-state index contributed by atoms with van der Waals surface area (Å²) in [6.07, 6.45) is 2.43. The van der Waals surface area contributed by atoms with Crippen LogP contribution in [0.25, 0.3) is 11.1 Å². The number of rotatable bonds is 7. The predicted molar refractivity (Wildman–Crippen MR) is 119 cm³/mol. The van der Waals surface area contributed by atoms with Gasteiger partial charge in [0, 0.05) is 12.6 Å². The predicted octanol–water partition coefficient (Wildman–Crippen LogP) is 3.82. The molecule has 1 N–H and O–H groups in total. The van der Waals surface area contributed by atoms with Crippen LogP contribution in [0.1, 0.15) is 32.3 Å². The molecular weight excluding hydrogens is 400 g/mol. The zero-order valence-corrected chi connectivity index (χ0v) is 18.6. The highest BCUT2D eigenvalue weighted by atomic mass is 32.2. The fourth-order valence-electron chi connectivity index (χ4n) is 3.82. The fourth-order valence-corrected chi connectivity index (χ4v) is 4.64. The second-order valence-electron chi connectivity index (χ2n) is 7.92. The van der Waals surface area contributed by atoms with Crippen LogP contribution >= 0.6 is 0 Å². The average molecular weight is 431 g/mol. The Morgan fingerprint density at radius 1 is 1.17 bits per heavy atom. The molecule has 0 saturated carbocycles. The van der Waals surface area contributed by atoms with Gasteiger partial charge in [-0.25, -0.2) is 17.9 Å². The number of amides is 1. The molecule has 0 radical (unpaired) electrons. The Kier molecular flexibility index (Phi) is 7.15. The Morgan fingerprint density at radius 2 is 1.87 bits per heavy atom. The van der Waals surface area contributed by atoms with Gasteiger partial charge in [-0.15, -0.1) is 0 Å². The van der Waals surface area contributed by atoms with E-state index in [1.54, 1.807) is 4.90 Å². The van der Waals surface area contributed by atoms with Crippen molar-refractivity contribution in [3.63, 3.8) is 0 Å². The second kappa shape index (κ2) is 9.62. The Morgan fingerprint density at radius 3 is 2.53 bits per heavy atom. The molecule has 3 rings (SSSR count). The number of nitrogens with zero attached hydrogens (tertiary/aromatic N) is 1. The molecule has 1 amide bonds. The van der Waals surface area contributed by atoms with Crippen LogP contribution in [0.15, 0.2) is 54.6 Å². The van der Waals surface area contributed by atoms with Crippen molar-refractivity contribution in [2.45, 2.75) is 51.3 Å². The average Bonchev–Trinajstić information content (AvgIpc) is 3.09. The lowest BCUT2D eigenvalue weighted by Gasteiger charge is -2.29. The Bertz CT molecular complexity index is 962. The van der Waals surface area contributed by atoms with Gasteiger partial charge < -0.3 is 9.64 Å². The monoisotopic (exact) mass is 430 g/mol. The van der Waals surface area contributed by atoms with Gasteiger partial charge in [-0.3, -0.25) is 0 Å². The number of carbonyl (C=O) groups is 1. The maximum absolute atomic E-state index is 12.7. The summed E-state index contributed by atoms with van der Waals surface area (Å²) in [4.78, 5) is 14.4. The molecule has 1 aliphatic heterocycles. The van der Waals surface area contributed by atoms with E-state index in [2.05, 4.69) is 29.0 Å². The van der Waals surface area contributed by atoms with Gasteiger partial charge in [0.05, 0.1) is 12.3 Å². The Hall–Kier alpha value is -2.38. The van der Waals surface area contributed by atoms with E-state index in [1.165, 1.54) is 0 Å². The third kappa shape index (κ3) is 5.83. The third-order valence-electron chi connectivity index (χ3n) is 5.50. The smallest absolute Gasteiger partial charge is 0.410 e. The van der Waals surface area contributed by atoms with Crippen LogP contribution in [0.3, 0.4) is 0 Å². The molecule has 3 unspecified atom stereocenters. The van der Waals surface area contributed by atoms with Crippen LogP contribution < -0.4 is 4.72 Å². The molecule has 2 aromatic rings. The number of hydrogen-bond donors (Lipinski definition) is 1. The van der Waals surface area contributed by atoms with Gasteiger partial charge in [0.1, 0.15) is 6.10 Å². The number of sulfonamides is 1. The normalized spacial score (nSPS) is 20.2. The molecule has 6 nitrogen and oxygen atoms in total. The fraction of sp³-hybridized carbons (Fsp3) is 0.435. The van der Waals surface area contributed by atoms with Crippen LogP contribution in [0, 0.1) is 0 Å². The van der Waals surface area contributed by atoms with Crippen molar-refractivity contribution in [3.8, 4) is 11.1 Å². The summed E-state index contributed by atoms with van der Waals surface area (Å²) in [5, 5.41) is 0. The molecule has 2 aromatic carbocycles. The minimum atomic E-state index is -3.39. The van der Waals surface area contributed by atoms with E-state index in [1.807, 2.05) is 44.2 Å². The first-order valence-electron chi connectivity index (χ1n) is 10.4. The van der Waals surface area contributed by atoms with Crippen molar-refractivity contribution in [1.82, 2.24) is 9.62 Å². The molecule has 0 bridgehead atoms.